The van der Waals surface area contributed by atoms with E-state index in [0.717, 1.165) is 36.5 Å². The molecular formula is C18H26ClNO. The van der Waals surface area contributed by atoms with E-state index in [0.29, 0.717) is 6.54 Å². The van der Waals surface area contributed by atoms with E-state index in [1.807, 2.05) is 0 Å². The Labute approximate surface area is 133 Å². The molecule has 0 aromatic heterocycles. The summed E-state index contributed by atoms with van der Waals surface area (Å²) in [7, 11) is 1.74. The molecule has 1 aromatic carbocycles. The second kappa shape index (κ2) is 6.18. The summed E-state index contributed by atoms with van der Waals surface area (Å²) in [6.07, 6.45) is 10.9. The minimum absolute atomic E-state index is 0.0797. The first-order chi connectivity index (χ1) is 10.2. The minimum Gasteiger partial charge on any atom is -0.495 e. The van der Waals surface area contributed by atoms with Crippen molar-refractivity contribution in [3.8, 4) is 5.75 Å². The summed E-state index contributed by atoms with van der Waals surface area (Å²) in [4.78, 5) is 0. The number of nitrogens with two attached hydrogens (primary N) is 1. The summed E-state index contributed by atoms with van der Waals surface area (Å²) in [5.41, 5.74) is 10.3. The van der Waals surface area contributed by atoms with E-state index < -0.39 is 0 Å². The maximum atomic E-state index is 6.74. The van der Waals surface area contributed by atoms with Crippen molar-refractivity contribution in [2.75, 3.05) is 13.7 Å². The minimum atomic E-state index is 0.0797. The van der Waals surface area contributed by atoms with Gasteiger partial charge in [-0.15, -0.1) is 0 Å². The second-order valence-electron chi connectivity index (χ2n) is 6.66. The number of halogens is 1. The number of hydrogen-bond acceptors (Lipinski definition) is 2. The molecule has 0 spiro atoms. The molecule has 0 atom stereocenters. The summed E-state index contributed by atoms with van der Waals surface area (Å²) in [6.45, 7) is 0.693. The van der Waals surface area contributed by atoms with Gasteiger partial charge in [0.2, 0.25) is 0 Å². The molecule has 1 aromatic rings. The highest BCUT2D eigenvalue weighted by atomic mass is 35.5. The first-order valence-electron chi connectivity index (χ1n) is 8.30. The van der Waals surface area contributed by atoms with Gasteiger partial charge in [0.15, 0.2) is 0 Å². The van der Waals surface area contributed by atoms with E-state index >= 15 is 0 Å². The van der Waals surface area contributed by atoms with Gasteiger partial charge in [-0.2, -0.15) is 0 Å². The summed E-state index contributed by atoms with van der Waals surface area (Å²) in [6, 6.07) is 2.38. The molecule has 0 radical (unpaired) electrons. The fourth-order valence-corrected chi connectivity index (χ4v) is 4.63. The highest BCUT2D eigenvalue weighted by molar-refractivity contribution is 6.33. The van der Waals surface area contributed by atoms with Gasteiger partial charge < -0.3 is 10.5 Å². The molecule has 0 amide bonds. The molecule has 2 N–H and O–H groups in total. The van der Waals surface area contributed by atoms with Crippen LogP contribution in [0.15, 0.2) is 6.07 Å². The van der Waals surface area contributed by atoms with Crippen LogP contribution in [-0.4, -0.2) is 13.7 Å². The smallest absolute Gasteiger partial charge is 0.141 e. The third kappa shape index (κ3) is 2.57. The average molecular weight is 308 g/mol. The largest absolute Gasteiger partial charge is 0.495 e. The number of methoxy groups -OCH3 is 1. The van der Waals surface area contributed by atoms with Crippen molar-refractivity contribution in [3.05, 3.63) is 27.8 Å². The van der Waals surface area contributed by atoms with Crippen LogP contribution in [0.1, 0.15) is 61.6 Å². The fourth-order valence-electron chi connectivity index (χ4n) is 4.24. The summed E-state index contributed by atoms with van der Waals surface area (Å²) in [5.74, 6) is 0.893. The van der Waals surface area contributed by atoms with Crippen LogP contribution in [-0.2, 0) is 18.3 Å². The molecular weight excluding hydrogens is 282 g/mol. The van der Waals surface area contributed by atoms with Crippen LogP contribution in [0.3, 0.4) is 0 Å². The van der Waals surface area contributed by atoms with Crippen molar-refractivity contribution in [1.29, 1.82) is 0 Å². The van der Waals surface area contributed by atoms with Crippen molar-refractivity contribution in [2.45, 2.75) is 63.2 Å². The van der Waals surface area contributed by atoms with Crippen LogP contribution in [0.25, 0.3) is 0 Å². The number of ether oxygens (including phenoxy) is 1. The van der Waals surface area contributed by atoms with E-state index in [9.17, 15) is 0 Å². The molecule has 0 heterocycles. The van der Waals surface area contributed by atoms with Crippen molar-refractivity contribution >= 4 is 11.6 Å². The predicted molar refractivity (Wildman–Crippen MR) is 88.5 cm³/mol. The Morgan fingerprint density at radius 3 is 2.52 bits per heavy atom. The van der Waals surface area contributed by atoms with Crippen molar-refractivity contribution in [2.24, 2.45) is 5.73 Å². The predicted octanol–water partition coefficient (Wildman–Crippen LogP) is 4.39. The Morgan fingerprint density at radius 2 is 1.86 bits per heavy atom. The molecule has 2 aliphatic rings. The zero-order valence-electron chi connectivity index (χ0n) is 13.0. The van der Waals surface area contributed by atoms with Gasteiger partial charge in [-0.25, -0.2) is 0 Å². The van der Waals surface area contributed by atoms with Gasteiger partial charge in [0.1, 0.15) is 5.75 Å². The summed E-state index contributed by atoms with van der Waals surface area (Å²) >= 11 is 6.74. The molecule has 1 fully saturated rings. The van der Waals surface area contributed by atoms with Gasteiger partial charge in [0, 0.05) is 17.5 Å². The molecule has 0 bridgehead atoms. The zero-order chi connectivity index (χ0) is 14.9. The lowest BCUT2D eigenvalue weighted by molar-refractivity contribution is 0.377. The van der Waals surface area contributed by atoms with Crippen LogP contribution in [0.2, 0.25) is 5.02 Å². The third-order valence-electron chi connectivity index (χ3n) is 5.51. The fraction of sp³-hybridized carbons (Fsp3) is 0.667. The van der Waals surface area contributed by atoms with Crippen LogP contribution >= 0.6 is 11.6 Å². The van der Waals surface area contributed by atoms with E-state index in [1.165, 1.54) is 48.8 Å². The maximum Gasteiger partial charge on any atom is 0.141 e. The Balaban J connectivity index is 2.15. The van der Waals surface area contributed by atoms with Gasteiger partial charge in [-0.05, 0) is 49.7 Å². The first kappa shape index (κ1) is 15.2. The van der Waals surface area contributed by atoms with Gasteiger partial charge in [-0.3, -0.25) is 0 Å². The van der Waals surface area contributed by atoms with E-state index in [-0.39, 0.29) is 5.41 Å². The van der Waals surface area contributed by atoms with Crippen LogP contribution in [0, 0.1) is 0 Å². The number of fused-ring (bicyclic) bond motifs is 1. The van der Waals surface area contributed by atoms with E-state index in [1.54, 1.807) is 7.11 Å². The topological polar surface area (TPSA) is 35.2 Å². The molecule has 1 saturated carbocycles. The molecule has 3 heteroatoms. The molecule has 0 unspecified atom stereocenters. The highest BCUT2D eigenvalue weighted by Crippen LogP contribution is 2.48. The molecule has 2 aliphatic carbocycles. The Kier molecular flexibility index (Phi) is 4.46. The SMILES string of the molecule is COc1c(C2(CN)CCCC2)cc2c(c1Cl)CCCCC2. The molecule has 2 nitrogen and oxygen atoms in total. The van der Waals surface area contributed by atoms with Gasteiger partial charge in [0.25, 0.3) is 0 Å². The van der Waals surface area contributed by atoms with E-state index in [2.05, 4.69) is 6.07 Å². The number of benzene rings is 1. The number of aryl methyl sites for hydroxylation is 1. The lowest BCUT2D eigenvalue weighted by Gasteiger charge is -2.31. The average Bonchev–Trinajstić information content (AvgIpc) is 2.86. The number of rotatable bonds is 3. The Bertz CT molecular complexity index is 520. The quantitative estimate of drug-likeness (QED) is 0.841. The first-order valence-corrected chi connectivity index (χ1v) is 8.68. The second-order valence-corrected chi connectivity index (χ2v) is 7.04. The van der Waals surface area contributed by atoms with Crippen LogP contribution in [0.4, 0.5) is 0 Å². The van der Waals surface area contributed by atoms with Gasteiger partial charge >= 0.3 is 0 Å². The van der Waals surface area contributed by atoms with Crippen molar-refractivity contribution < 1.29 is 4.74 Å². The molecule has 0 saturated heterocycles. The van der Waals surface area contributed by atoms with Crippen molar-refractivity contribution in [1.82, 2.24) is 0 Å². The Hall–Kier alpha value is -0.730. The van der Waals surface area contributed by atoms with Crippen molar-refractivity contribution in [3.63, 3.8) is 0 Å². The van der Waals surface area contributed by atoms with E-state index in [4.69, 9.17) is 22.1 Å². The van der Waals surface area contributed by atoms with Crippen LogP contribution < -0.4 is 10.5 Å². The van der Waals surface area contributed by atoms with Crippen LogP contribution in [0.5, 0.6) is 5.75 Å². The summed E-state index contributed by atoms with van der Waals surface area (Å²) < 4.78 is 5.73. The molecule has 21 heavy (non-hydrogen) atoms. The lowest BCUT2D eigenvalue weighted by Crippen LogP contribution is -2.32. The zero-order valence-corrected chi connectivity index (χ0v) is 13.8. The third-order valence-corrected chi connectivity index (χ3v) is 5.91. The maximum absolute atomic E-state index is 6.74. The molecule has 0 aliphatic heterocycles. The summed E-state index contributed by atoms with van der Waals surface area (Å²) in [5, 5.41) is 0.853. The monoisotopic (exact) mass is 307 g/mol. The highest BCUT2D eigenvalue weighted by Gasteiger charge is 2.38. The molecule has 116 valence electrons. The van der Waals surface area contributed by atoms with Gasteiger partial charge in [-0.1, -0.05) is 36.9 Å². The van der Waals surface area contributed by atoms with Gasteiger partial charge in [0.05, 0.1) is 12.1 Å². The Morgan fingerprint density at radius 1 is 1.14 bits per heavy atom. The normalized spacial score (nSPS) is 20.9. The lowest BCUT2D eigenvalue weighted by atomic mass is 9.77. The molecule has 3 rings (SSSR count). The number of hydrogen-bond donors (Lipinski definition) is 1. The standard InChI is InChI=1S/C18H26ClNO/c1-21-17-15(18(12-20)9-5-6-10-18)11-13-7-3-2-4-8-14(13)16(17)19/h11H,2-10,12,20H2,1H3.